The van der Waals surface area contributed by atoms with E-state index in [-0.39, 0.29) is 13.2 Å². The van der Waals surface area contributed by atoms with Crippen molar-refractivity contribution in [3.8, 4) is 0 Å². The van der Waals surface area contributed by atoms with Crippen LogP contribution in [-0.2, 0) is 9.47 Å². The van der Waals surface area contributed by atoms with Gasteiger partial charge in [-0.2, -0.15) is 0 Å². The predicted octanol–water partition coefficient (Wildman–Crippen LogP) is -0.650. The van der Waals surface area contributed by atoms with Crippen LogP contribution < -0.4 is 5.32 Å². The summed E-state index contributed by atoms with van der Waals surface area (Å²) >= 11 is 0. The van der Waals surface area contributed by atoms with Gasteiger partial charge >= 0.3 is 6.09 Å². The van der Waals surface area contributed by atoms with E-state index in [2.05, 4.69) is 14.8 Å². The molecule has 5 nitrogen and oxygen atoms in total. The highest BCUT2D eigenvalue weighted by atomic mass is 16.6. The molecule has 0 aliphatic heterocycles. The van der Waals surface area contributed by atoms with Crippen molar-refractivity contribution >= 4 is 6.09 Å². The van der Waals surface area contributed by atoms with Gasteiger partial charge in [-0.15, -0.1) is 0 Å². The van der Waals surface area contributed by atoms with Crippen molar-refractivity contribution in [2.45, 2.75) is 6.10 Å². The third kappa shape index (κ3) is 4.58. The summed E-state index contributed by atoms with van der Waals surface area (Å²) < 4.78 is 9.34. The first-order valence-electron chi connectivity index (χ1n) is 3.22. The third-order valence-corrected chi connectivity index (χ3v) is 1.03. The summed E-state index contributed by atoms with van der Waals surface area (Å²) in [4.78, 5) is 10.6. The van der Waals surface area contributed by atoms with E-state index < -0.39 is 12.2 Å². The molecule has 0 aliphatic rings. The summed E-state index contributed by atoms with van der Waals surface area (Å²) in [5.74, 6) is 0. The number of ether oxygens (including phenoxy) is 2. The molecule has 0 aromatic carbocycles. The average molecular weight is 163 g/mol. The van der Waals surface area contributed by atoms with Gasteiger partial charge in [-0.25, -0.2) is 4.79 Å². The van der Waals surface area contributed by atoms with Crippen molar-refractivity contribution in [2.75, 3.05) is 27.4 Å². The van der Waals surface area contributed by atoms with E-state index in [4.69, 9.17) is 5.11 Å². The zero-order chi connectivity index (χ0) is 8.69. The van der Waals surface area contributed by atoms with Crippen molar-refractivity contribution < 1.29 is 19.4 Å². The molecule has 66 valence electrons. The molecule has 0 bridgehead atoms. The molecule has 5 heteroatoms. The molecular weight excluding hydrogens is 150 g/mol. The number of rotatable bonds is 4. The van der Waals surface area contributed by atoms with E-state index >= 15 is 0 Å². The summed E-state index contributed by atoms with van der Waals surface area (Å²) in [6, 6.07) is 0. The zero-order valence-corrected chi connectivity index (χ0v) is 6.66. The molecule has 0 spiro atoms. The maximum Gasteiger partial charge on any atom is 0.407 e. The number of hydrogen-bond acceptors (Lipinski definition) is 4. The smallest absolute Gasteiger partial charge is 0.407 e. The summed E-state index contributed by atoms with van der Waals surface area (Å²) in [6.07, 6.45) is -1.15. The van der Waals surface area contributed by atoms with E-state index in [9.17, 15) is 4.79 Å². The van der Waals surface area contributed by atoms with Crippen LogP contribution in [0.3, 0.4) is 0 Å². The number of alkyl carbamates (subject to hydrolysis) is 1. The fourth-order valence-corrected chi connectivity index (χ4v) is 0.520. The Hall–Kier alpha value is -0.810. The third-order valence-electron chi connectivity index (χ3n) is 1.03. The average Bonchev–Trinajstić information content (AvgIpc) is 2.03. The summed E-state index contributed by atoms with van der Waals surface area (Å²) in [6.45, 7) is -0.0365. The molecule has 0 aromatic heterocycles. The van der Waals surface area contributed by atoms with Gasteiger partial charge in [-0.3, -0.25) is 0 Å². The topological polar surface area (TPSA) is 67.8 Å². The molecule has 0 radical (unpaired) electrons. The lowest BCUT2D eigenvalue weighted by molar-refractivity contribution is 0.00872. The summed E-state index contributed by atoms with van der Waals surface area (Å²) in [7, 11) is 2.92. The van der Waals surface area contributed by atoms with Crippen LogP contribution in [0, 0.1) is 0 Å². The molecule has 11 heavy (non-hydrogen) atoms. The normalized spacial score (nSPS) is 12.3. The number of hydrogen-bond donors (Lipinski definition) is 2. The largest absolute Gasteiger partial charge is 0.441 e. The highest BCUT2D eigenvalue weighted by Gasteiger charge is 2.10. The quantitative estimate of drug-likeness (QED) is 0.578. The molecule has 2 N–H and O–H groups in total. The Labute approximate surface area is 65.3 Å². The van der Waals surface area contributed by atoms with E-state index in [0.717, 1.165) is 0 Å². The molecule has 0 rings (SSSR count). The van der Waals surface area contributed by atoms with Crippen LogP contribution in [0.15, 0.2) is 0 Å². The van der Waals surface area contributed by atoms with Gasteiger partial charge in [0.2, 0.25) is 0 Å². The van der Waals surface area contributed by atoms with Gasteiger partial charge in [0.1, 0.15) is 6.10 Å². The van der Waals surface area contributed by atoms with Crippen molar-refractivity contribution in [1.82, 2.24) is 5.32 Å². The van der Waals surface area contributed by atoms with Gasteiger partial charge in [0.05, 0.1) is 13.2 Å². The first-order valence-corrected chi connectivity index (χ1v) is 3.22. The Balaban J connectivity index is 3.58. The molecule has 0 fully saturated rings. The van der Waals surface area contributed by atoms with Gasteiger partial charge < -0.3 is 19.9 Å². The van der Waals surface area contributed by atoms with Crippen molar-refractivity contribution in [2.24, 2.45) is 0 Å². The monoisotopic (exact) mass is 163 g/mol. The van der Waals surface area contributed by atoms with E-state index in [0.29, 0.717) is 0 Å². The van der Waals surface area contributed by atoms with Crippen molar-refractivity contribution in [1.29, 1.82) is 0 Å². The minimum absolute atomic E-state index is 0.198. The Morgan fingerprint density at radius 1 is 1.73 bits per heavy atom. The number of aliphatic hydroxyl groups excluding tert-OH is 1. The minimum atomic E-state index is -0.583. The maximum absolute atomic E-state index is 10.6. The number of carbonyl (C=O) groups is 1. The van der Waals surface area contributed by atoms with E-state index in [1.807, 2.05) is 0 Å². The number of methoxy groups -OCH3 is 1. The summed E-state index contributed by atoms with van der Waals surface area (Å²) in [5, 5.41) is 10.9. The number of nitrogens with one attached hydrogen (secondary N) is 1. The molecule has 0 saturated heterocycles. The minimum Gasteiger partial charge on any atom is -0.441 e. The molecule has 0 unspecified atom stereocenters. The maximum atomic E-state index is 10.6. The second-order valence-electron chi connectivity index (χ2n) is 1.92. The number of aliphatic hydroxyl groups is 1. The van der Waals surface area contributed by atoms with Crippen LogP contribution in [0.25, 0.3) is 0 Å². The van der Waals surface area contributed by atoms with E-state index in [1.54, 1.807) is 0 Å². The fraction of sp³-hybridized carbons (Fsp3) is 0.833. The molecule has 0 aromatic rings. The van der Waals surface area contributed by atoms with E-state index in [1.165, 1.54) is 14.2 Å². The molecule has 0 saturated carbocycles. The van der Waals surface area contributed by atoms with Crippen LogP contribution in [-0.4, -0.2) is 44.7 Å². The predicted molar refractivity (Wildman–Crippen MR) is 38.3 cm³/mol. The van der Waals surface area contributed by atoms with Crippen molar-refractivity contribution in [3.63, 3.8) is 0 Å². The van der Waals surface area contributed by atoms with Crippen LogP contribution >= 0.6 is 0 Å². The van der Waals surface area contributed by atoms with Crippen molar-refractivity contribution in [3.05, 3.63) is 0 Å². The molecule has 0 aliphatic carbocycles. The van der Waals surface area contributed by atoms with Crippen LogP contribution in [0.2, 0.25) is 0 Å². The Morgan fingerprint density at radius 2 is 2.36 bits per heavy atom. The first-order chi connectivity index (χ1) is 5.24. The van der Waals surface area contributed by atoms with Crippen LogP contribution in [0.4, 0.5) is 4.79 Å². The zero-order valence-electron chi connectivity index (χ0n) is 6.66. The number of carbonyl (C=O) groups excluding carboxylic acids is 1. The Kier molecular flexibility index (Phi) is 5.50. The van der Waals surface area contributed by atoms with Crippen LogP contribution in [0.5, 0.6) is 0 Å². The Bertz CT molecular complexity index is 117. The molecule has 1 atom stereocenters. The van der Waals surface area contributed by atoms with Crippen LogP contribution in [0.1, 0.15) is 0 Å². The lowest BCUT2D eigenvalue weighted by Crippen LogP contribution is -2.31. The van der Waals surface area contributed by atoms with Gasteiger partial charge in [-0.1, -0.05) is 0 Å². The second-order valence-corrected chi connectivity index (χ2v) is 1.92. The lowest BCUT2D eigenvalue weighted by Gasteiger charge is -2.13. The summed E-state index contributed by atoms with van der Waals surface area (Å²) in [5.41, 5.74) is 0. The molecule has 1 amide bonds. The van der Waals surface area contributed by atoms with Gasteiger partial charge in [0.15, 0.2) is 0 Å². The SMILES string of the molecule is CNC(=O)O[C@@H](CO)COC. The van der Waals surface area contributed by atoms with Gasteiger partial charge in [0.25, 0.3) is 0 Å². The fourth-order valence-electron chi connectivity index (χ4n) is 0.520. The molecular formula is C6H13NO4. The van der Waals surface area contributed by atoms with Gasteiger partial charge in [0, 0.05) is 14.2 Å². The van der Waals surface area contributed by atoms with Gasteiger partial charge in [-0.05, 0) is 0 Å². The molecule has 0 heterocycles. The second kappa shape index (κ2) is 5.94. The highest BCUT2D eigenvalue weighted by Crippen LogP contribution is 1.91. The highest BCUT2D eigenvalue weighted by molar-refractivity contribution is 5.66. The lowest BCUT2D eigenvalue weighted by atomic mass is 10.4. The standard InChI is InChI=1S/C6H13NO4/c1-7-6(9)11-5(3-8)4-10-2/h5,8H,3-4H2,1-2H3,(H,7,9)/t5-/m0/s1. The first kappa shape index (κ1) is 10.2. The number of amides is 1. The Morgan fingerprint density at radius 3 is 2.73 bits per heavy atom.